The van der Waals surface area contributed by atoms with E-state index >= 15 is 0 Å². The molecule has 116 valence electrons. The molecule has 0 aliphatic rings. The van der Waals surface area contributed by atoms with Crippen LogP contribution in [-0.2, 0) is 14.3 Å². The Kier molecular flexibility index (Phi) is 6.23. The summed E-state index contributed by atoms with van der Waals surface area (Å²) >= 11 is 0. The Bertz CT molecular complexity index is 501. The fourth-order valence-electron chi connectivity index (χ4n) is 1.72. The van der Waals surface area contributed by atoms with Crippen LogP contribution >= 0.6 is 0 Å². The number of halogens is 2. The molecule has 2 N–H and O–H groups in total. The van der Waals surface area contributed by atoms with Crippen molar-refractivity contribution in [2.45, 2.75) is 19.9 Å². The van der Waals surface area contributed by atoms with Crippen LogP contribution in [0, 0.1) is 17.6 Å². The Morgan fingerprint density at radius 3 is 2.29 bits per heavy atom. The van der Waals surface area contributed by atoms with Crippen LogP contribution in [0.3, 0.4) is 0 Å². The number of rotatable bonds is 6. The summed E-state index contributed by atoms with van der Waals surface area (Å²) in [7, 11) is 1.24. The van der Waals surface area contributed by atoms with E-state index in [4.69, 9.17) is 0 Å². The molecular formula is C14H18F2N2O3. The van der Waals surface area contributed by atoms with E-state index in [1.807, 2.05) is 0 Å². The number of ether oxygens (including phenoxy) is 1. The van der Waals surface area contributed by atoms with Gasteiger partial charge >= 0.3 is 5.97 Å². The SMILES string of the molecule is COC(=O)C(NCC(=O)Nc1c(F)cccc1F)C(C)C. The zero-order chi connectivity index (χ0) is 16.0. The normalized spacial score (nSPS) is 12.1. The second-order valence-electron chi connectivity index (χ2n) is 4.77. The molecule has 1 amide bonds. The van der Waals surface area contributed by atoms with Gasteiger partial charge in [-0.05, 0) is 18.1 Å². The largest absolute Gasteiger partial charge is 0.468 e. The molecule has 21 heavy (non-hydrogen) atoms. The summed E-state index contributed by atoms with van der Waals surface area (Å²) in [6.45, 7) is 3.29. The number of methoxy groups -OCH3 is 1. The molecule has 0 radical (unpaired) electrons. The number of esters is 1. The number of benzene rings is 1. The summed E-state index contributed by atoms with van der Waals surface area (Å²) in [5.74, 6) is -2.99. The van der Waals surface area contributed by atoms with E-state index in [9.17, 15) is 18.4 Å². The summed E-state index contributed by atoms with van der Waals surface area (Å²) < 4.78 is 31.4. The molecule has 7 heteroatoms. The number of hydrogen-bond acceptors (Lipinski definition) is 4. The first-order valence-electron chi connectivity index (χ1n) is 6.42. The third kappa shape index (κ3) is 4.78. The zero-order valence-corrected chi connectivity index (χ0v) is 12.1. The van der Waals surface area contributed by atoms with Gasteiger partial charge in [0.2, 0.25) is 5.91 Å². The van der Waals surface area contributed by atoms with Gasteiger partial charge in [0.25, 0.3) is 0 Å². The Morgan fingerprint density at radius 2 is 1.81 bits per heavy atom. The smallest absolute Gasteiger partial charge is 0.323 e. The first kappa shape index (κ1) is 17.0. The summed E-state index contributed by atoms with van der Waals surface area (Å²) in [5, 5.41) is 4.82. The van der Waals surface area contributed by atoms with Crippen LogP contribution in [0.5, 0.6) is 0 Å². The number of carbonyl (C=O) groups is 2. The molecule has 5 nitrogen and oxygen atoms in total. The monoisotopic (exact) mass is 300 g/mol. The minimum Gasteiger partial charge on any atom is -0.468 e. The lowest BCUT2D eigenvalue weighted by molar-refractivity contribution is -0.144. The number of nitrogens with one attached hydrogen (secondary N) is 2. The standard InChI is InChI=1S/C14H18F2N2O3/c1-8(2)12(14(20)21-3)17-7-11(19)18-13-9(15)5-4-6-10(13)16/h4-6,8,12,17H,7H2,1-3H3,(H,18,19). The lowest BCUT2D eigenvalue weighted by Gasteiger charge is -2.19. The molecule has 1 aromatic carbocycles. The van der Waals surface area contributed by atoms with E-state index < -0.39 is 35.2 Å². The highest BCUT2D eigenvalue weighted by molar-refractivity contribution is 5.92. The Hall–Kier alpha value is -2.02. The van der Waals surface area contributed by atoms with E-state index in [0.717, 1.165) is 12.1 Å². The summed E-state index contributed by atoms with van der Waals surface area (Å²) in [4.78, 5) is 23.2. The summed E-state index contributed by atoms with van der Waals surface area (Å²) in [6, 6.07) is 2.60. The average molecular weight is 300 g/mol. The van der Waals surface area contributed by atoms with Crippen molar-refractivity contribution in [3.05, 3.63) is 29.8 Å². The molecule has 0 bridgehead atoms. The summed E-state index contributed by atoms with van der Waals surface area (Å²) in [6.07, 6.45) is 0. The van der Waals surface area contributed by atoms with Crippen molar-refractivity contribution in [1.29, 1.82) is 0 Å². The molecule has 0 saturated carbocycles. The van der Waals surface area contributed by atoms with Gasteiger partial charge in [-0.1, -0.05) is 19.9 Å². The van der Waals surface area contributed by atoms with E-state index in [2.05, 4.69) is 15.4 Å². The maximum absolute atomic E-state index is 13.4. The van der Waals surface area contributed by atoms with E-state index in [1.165, 1.54) is 13.2 Å². The molecular weight excluding hydrogens is 282 g/mol. The number of carbonyl (C=O) groups excluding carboxylic acids is 2. The van der Waals surface area contributed by atoms with Gasteiger partial charge in [-0.3, -0.25) is 14.9 Å². The van der Waals surface area contributed by atoms with Crippen molar-refractivity contribution in [2.24, 2.45) is 5.92 Å². The second kappa shape index (κ2) is 7.68. The van der Waals surface area contributed by atoms with E-state index in [1.54, 1.807) is 13.8 Å². The van der Waals surface area contributed by atoms with Crippen LogP contribution in [0.25, 0.3) is 0 Å². The number of anilines is 1. The molecule has 1 atom stereocenters. The van der Waals surface area contributed by atoms with Crippen LogP contribution in [0.15, 0.2) is 18.2 Å². The minimum atomic E-state index is -0.864. The maximum atomic E-state index is 13.4. The van der Waals surface area contributed by atoms with Crippen molar-refractivity contribution in [1.82, 2.24) is 5.32 Å². The number of amides is 1. The Balaban J connectivity index is 2.63. The predicted molar refractivity (Wildman–Crippen MR) is 73.6 cm³/mol. The first-order chi connectivity index (χ1) is 9.86. The molecule has 0 heterocycles. The second-order valence-corrected chi connectivity index (χ2v) is 4.77. The van der Waals surface area contributed by atoms with Crippen molar-refractivity contribution in [3.8, 4) is 0 Å². The van der Waals surface area contributed by atoms with Crippen molar-refractivity contribution in [2.75, 3.05) is 19.0 Å². The molecule has 1 unspecified atom stereocenters. The van der Waals surface area contributed by atoms with Crippen molar-refractivity contribution in [3.63, 3.8) is 0 Å². The third-order valence-electron chi connectivity index (χ3n) is 2.83. The Labute approximate surface area is 121 Å². The van der Waals surface area contributed by atoms with Gasteiger partial charge in [0, 0.05) is 0 Å². The first-order valence-corrected chi connectivity index (χ1v) is 6.42. The minimum absolute atomic E-state index is 0.101. The molecule has 0 saturated heterocycles. The van der Waals surface area contributed by atoms with Crippen molar-refractivity contribution < 1.29 is 23.1 Å². The fraction of sp³-hybridized carbons (Fsp3) is 0.429. The van der Waals surface area contributed by atoms with Gasteiger partial charge in [-0.25, -0.2) is 8.78 Å². The van der Waals surface area contributed by atoms with Crippen LogP contribution < -0.4 is 10.6 Å². The van der Waals surface area contributed by atoms with E-state index in [-0.39, 0.29) is 12.5 Å². The van der Waals surface area contributed by atoms with Crippen LogP contribution in [0.4, 0.5) is 14.5 Å². The van der Waals surface area contributed by atoms with Gasteiger partial charge in [0.15, 0.2) is 0 Å². The number of para-hydroxylation sites is 1. The van der Waals surface area contributed by atoms with Gasteiger partial charge in [-0.2, -0.15) is 0 Å². The quantitative estimate of drug-likeness (QED) is 0.785. The molecule has 0 aromatic heterocycles. The molecule has 0 aliphatic carbocycles. The molecule has 0 fully saturated rings. The van der Waals surface area contributed by atoms with Gasteiger partial charge in [0.1, 0.15) is 23.4 Å². The van der Waals surface area contributed by atoms with Gasteiger partial charge in [0.05, 0.1) is 13.7 Å². The molecule has 1 aromatic rings. The summed E-state index contributed by atoms with van der Waals surface area (Å²) in [5.41, 5.74) is -0.511. The van der Waals surface area contributed by atoms with Crippen LogP contribution in [0.1, 0.15) is 13.8 Å². The third-order valence-corrected chi connectivity index (χ3v) is 2.83. The lowest BCUT2D eigenvalue weighted by atomic mass is 10.0. The number of hydrogen-bond donors (Lipinski definition) is 2. The topological polar surface area (TPSA) is 67.4 Å². The van der Waals surface area contributed by atoms with Crippen LogP contribution in [-0.4, -0.2) is 31.6 Å². The van der Waals surface area contributed by atoms with Gasteiger partial charge in [-0.15, -0.1) is 0 Å². The Morgan fingerprint density at radius 1 is 1.24 bits per heavy atom. The molecule has 0 spiro atoms. The lowest BCUT2D eigenvalue weighted by Crippen LogP contribution is -2.45. The predicted octanol–water partition coefficient (Wildman–Crippen LogP) is 1.69. The average Bonchev–Trinajstić information content (AvgIpc) is 2.42. The highest BCUT2D eigenvalue weighted by Gasteiger charge is 2.23. The zero-order valence-electron chi connectivity index (χ0n) is 12.1. The van der Waals surface area contributed by atoms with Gasteiger partial charge < -0.3 is 10.1 Å². The molecule has 0 aliphatic heterocycles. The van der Waals surface area contributed by atoms with Crippen molar-refractivity contribution >= 4 is 17.6 Å². The van der Waals surface area contributed by atoms with Crippen LogP contribution in [0.2, 0.25) is 0 Å². The highest BCUT2D eigenvalue weighted by Crippen LogP contribution is 2.17. The molecule has 1 rings (SSSR count). The maximum Gasteiger partial charge on any atom is 0.323 e. The fourth-order valence-corrected chi connectivity index (χ4v) is 1.72. The van der Waals surface area contributed by atoms with E-state index in [0.29, 0.717) is 0 Å². The highest BCUT2D eigenvalue weighted by atomic mass is 19.1.